The third-order valence-electron chi connectivity index (χ3n) is 15.5. The molecule has 0 amide bonds. The number of nitrogens with one attached hydrogen (secondary N) is 2. The van der Waals surface area contributed by atoms with E-state index >= 15 is 4.39 Å². The van der Waals surface area contributed by atoms with E-state index in [0.717, 1.165) is 79.2 Å². The van der Waals surface area contributed by atoms with Gasteiger partial charge in [-0.3, -0.25) is 4.79 Å². The highest BCUT2D eigenvalue weighted by molar-refractivity contribution is 6.33. The number of ketones is 1. The van der Waals surface area contributed by atoms with Gasteiger partial charge in [-0.05, 0) is 98.5 Å². The van der Waals surface area contributed by atoms with Gasteiger partial charge in [0.05, 0.1) is 71.9 Å². The van der Waals surface area contributed by atoms with Crippen LogP contribution in [0.2, 0.25) is 5.02 Å². The third-order valence-corrected chi connectivity index (χ3v) is 15.8. The first-order valence-electron chi connectivity index (χ1n) is 25.5. The number of halogens is 2. The molecule has 4 aromatic heterocycles. The first-order chi connectivity index (χ1) is 35.4. The second-order valence-corrected chi connectivity index (χ2v) is 20.8. The fourth-order valence-electron chi connectivity index (χ4n) is 11.6. The van der Waals surface area contributed by atoms with Crippen molar-refractivity contribution in [1.29, 1.82) is 0 Å². The first-order valence-corrected chi connectivity index (χ1v) is 25.9. The molecule has 382 valence electrons. The number of nitrogens with zero attached hydrogens (tertiary/aromatic N) is 2. The van der Waals surface area contributed by atoms with Crippen molar-refractivity contribution in [2.45, 2.75) is 114 Å². The molecule has 16 heteroatoms. The standard InChI is InChI=1S/C29H31ClN2O4.C28H29FN2O6/c1-16(33)12-17-2-4-18(5-3-17)19-6-8-20(9-7-19)28-22(30)13-23-24(32-28)14-27(31-23)36-26-11-10-21-25(34)15-35-29(21)26;1-34-25(33)10-15-2-4-16(5-3-15)17-6-8-18(9-7-17)26-19(29)11-20-21(31-26)12-24(30-20)37-23-14-36-27-22(32)13-35-28(23)27/h4,6-9,13-14,17,21,25-26,29,31,34H,2-3,5,10-12,15H2,1H3;4,6-9,11-12,15,22-23,27-28,30,32H,2-3,5,10,13-14H2,1H3/t17?,21-,25-,26-,29+;15?,22-,23-,27-,28-/m11/s1. The monoisotopic (exact) mass is 1010 g/mol. The van der Waals surface area contributed by atoms with Crippen LogP contribution in [0.25, 0.3) is 55.7 Å². The minimum atomic E-state index is -0.649. The number of methoxy groups -OCH3 is 1. The first kappa shape index (κ1) is 49.3. The second kappa shape index (κ2) is 21.1. The molecule has 10 atom stereocenters. The van der Waals surface area contributed by atoms with E-state index in [1.807, 2.05) is 36.4 Å². The van der Waals surface area contributed by atoms with E-state index in [-0.39, 0.29) is 60.5 Å². The van der Waals surface area contributed by atoms with E-state index in [1.54, 1.807) is 13.0 Å². The summed E-state index contributed by atoms with van der Waals surface area (Å²) in [6.45, 7) is 2.60. The molecule has 12 rings (SSSR count). The Kier molecular flexibility index (Phi) is 14.3. The number of aliphatic hydroxyl groups excluding tert-OH is 2. The maximum Gasteiger partial charge on any atom is 0.305 e. The van der Waals surface area contributed by atoms with Gasteiger partial charge in [-0.2, -0.15) is 0 Å². The lowest BCUT2D eigenvalue weighted by Gasteiger charge is -2.21. The van der Waals surface area contributed by atoms with E-state index in [1.165, 1.54) is 29.9 Å². The minimum Gasteiger partial charge on any atom is -0.473 e. The number of allylic oxidation sites excluding steroid dienone is 4. The summed E-state index contributed by atoms with van der Waals surface area (Å²) in [7, 11) is 1.42. The molecule has 1 saturated carbocycles. The van der Waals surface area contributed by atoms with Crippen LogP contribution in [0.5, 0.6) is 11.8 Å². The summed E-state index contributed by atoms with van der Waals surface area (Å²) in [5.41, 5.74) is 10.3. The lowest BCUT2D eigenvalue weighted by Crippen LogP contribution is -2.34. The second-order valence-electron chi connectivity index (χ2n) is 20.4. The molecule has 6 aromatic rings. The molecule has 2 unspecified atom stereocenters. The number of Topliss-reactive ketones (excluding diaryl/α,β-unsaturated/α-hetero) is 1. The molecule has 14 nitrogen and oxygen atoms in total. The smallest absolute Gasteiger partial charge is 0.305 e. The largest absolute Gasteiger partial charge is 0.473 e. The average molecular weight is 1020 g/mol. The Balaban J connectivity index is 0.000000157. The van der Waals surface area contributed by atoms with Crippen molar-refractivity contribution in [2.24, 2.45) is 17.8 Å². The topological polar surface area (TPSA) is 187 Å². The summed E-state index contributed by atoms with van der Waals surface area (Å²) in [5.74, 6) is 1.72. The van der Waals surface area contributed by atoms with Gasteiger partial charge in [-0.1, -0.05) is 72.3 Å². The van der Waals surface area contributed by atoms with Crippen LogP contribution in [-0.2, 0) is 28.5 Å². The average Bonchev–Trinajstić information content (AvgIpc) is 4.27. The summed E-state index contributed by atoms with van der Waals surface area (Å²) >= 11 is 6.64. The molecule has 2 aromatic carbocycles. The Morgan fingerprint density at radius 3 is 1.84 bits per heavy atom. The minimum absolute atomic E-state index is 0.0589. The zero-order chi connectivity index (χ0) is 50.3. The van der Waals surface area contributed by atoms with Gasteiger partial charge in [-0.15, -0.1) is 0 Å². The number of pyridine rings is 2. The van der Waals surface area contributed by atoms with Crippen LogP contribution in [0.3, 0.4) is 0 Å². The van der Waals surface area contributed by atoms with Gasteiger partial charge in [0, 0.05) is 48.1 Å². The number of ether oxygens (including phenoxy) is 6. The fourth-order valence-corrected chi connectivity index (χ4v) is 11.8. The quantitative estimate of drug-likeness (QED) is 0.0852. The molecular formula is C57H60ClFN4O10. The summed E-state index contributed by atoms with van der Waals surface area (Å²) in [4.78, 5) is 38.7. The summed E-state index contributed by atoms with van der Waals surface area (Å²) in [6.07, 6.45) is 10.8. The van der Waals surface area contributed by atoms with E-state index < -0.39 is 18.0 Å². The van der Waals surface area contributed by atoms with Crippen molar-refractivity contribution in [3.8, 4) is 34.3 Å². The number of esters is 1. The molecule has 0 bridgehead atoms. The Labute approximate surface area is 427 Å². The van der Waals surface area contributed by atoms with Crippen LogP contribution in [0.15, 0.2) is 84.9 Å². The van der Waals surface area contributed by atoms with Crippen molar-refractivity contribution in [3.05, 3.63) is 107 Å². The summed E-state index contributed by atoms with van der Waals surface area (Å²) < 4.78 is 49.0. The van der Waals surface area contributed by atoms with Gasteiger partial charge < -0.3 is 53.4 Å². The molecule has 7 heterocycles. The molecule has 0 radical (unpaired) electrons. The number of rotatable bonds is 12. The number of H-pyrrole nitrogens is 2. The van der Waals surface area contributed by atoms with Crippen LogP contribution < -0.4 is 9.47 Å². The van der Waals surface area contributed by atoms with E-state index in [0.29, 0.717) is 71.3 Å². The van der Waals surface area contributed by atoms with Crippen molar-refractivity contribution >= 4 is 56.6 Å². The molecule has 0 spiro atoms. The number of hydrogen-bond donors (Lipinski definition) is 4. The molecule has 73 heavy (non-hydrogen) atoms. The highest BCUT2D eigenvalue weighted by Crippen LogP contribution is 2.41. The van der Waals surface area contributed by atoms with E-state index in [4.69, 9.17) is 45.0 Å². The zero-order valence-corrected chi connectivity index (χ0v) is 41.6. The Morgan fingerprint density at radius 1 is 0.671 bits per heavy atom. The summed E-state index contributed by atoms with van der Waals surface area (Å²) in [5, 5.41) is 20.6. The molecule has 3 saturated heterocycles. The number of benzene rings is 2. The van der Waals surface area contributed by atoms with Crippen molar-refractivity contribution < 1.29 is 52.6 Å². The SMILES string of the molecule is CC(=O)CC1CC=C(c2ccc(-c3nc4cc(O[C@@H]5CC[C@H]6[C@@H]5OC[C@H]6O)[nH]c4cc3Cl)cc2)CC1.COC(=O)CC1CC=C(c2ccc(-c3nc4cc(O[C@@H]5CO[C@H]6[C@@H]5OC[C@H]6O)[nH]c4cc3F)cc2)CC1. The van der Waals surface area contributed by atoms with Gasteiger partial charge in [0.25, 0.3) is 0 Å². The maximum atomic E-state index is 15.0. The lowest BCUT2D eigenvalue weighted by atomic mass is 9.84. The van der Waals surface area contributed by atoms with E-state index in [9.17, 15) is 19.8 Å². The molecule has 6 aliphatic rings. The molecule has 4 N–H and O–H groups in total. The normalized spacial score (nSPS) is 27.5. The highest BCUT2D eigenvalue weighted by Gasteiger charge is 2.49. The number of aromatic amines is 2. The van der Waals surface area contributed by atoms with Crippen molar-refractivity contribution in [2.75, 3.05) is 26.9 Å². The fraction of sp³-hybridized carbons (Fsp3) is 0.439. The Hall–Kier alpha value is -5.94. The van der Waals surface area contributed by atoms with Crippen molar-refractivity contribution in [1.82, 2.24) is 19.9 Å². The van der Waals surface area contributed by atoms with E-state index in [2.05, 4.69) is 51.4 Å². The van der Waals surface area contributed by atoms with Crippen molar-refractivity contribution in [3.63, 3.8) is 0 Å². The highest BCUT2D eigenvalue weighted by atomic mass is 35.5. The van der Waals surface area contributed by atoms with Crippen LogP contribution in [0.4, 0.5) is 4.39 Å². The Morgan fingerprint density at radius 2 is 1.22 bits per heavy atom. The number of fused-ring (bicyclic) bond motifs is 4. The molecule has 3 aliphatic heterocycles. The number of aromatic nitrogens is 4. The number of hydrogen-bond acceptors (Lipinski definition) is 12. The zero-order valence-electron chi connectivity index (χ0n) is 40.9. The maximum absolute atomic E-state index is 15.0. The Bertz CT molecular complexity index is 3060. The van der Waals surface area contributed by atoms with Crippen LogP contribution in [0, 0.1) is 23.6 Å². The molecular weight excluding hydrogens is 955 g/mol. The molecule has 3 aliphatic carbocycles. The predicted octanol–water partition coefficient (Wildman–Crippen LogP) is 9.98. The van der Waals surface area contributed by atoms with Gasteiger partial charge in [0.15, 0.2) is 23.7 Å². The van der Waals surface area contributed by atoms with Crippen LogP contribution >= 0.6 is 11.6 Å². The predicted molar refractivity (Wildman–Crippen MR) is 273 cm³/mol. The third kappa shape index (κ3) is 10.6. The van der Waals surface area contributed by atoms with Crippen LogP contribution in [-0.4, -0.2) is 112 Å². The number of carbonyl (C=O) groups is 2. The van der Waals surface area contributed by atoms with Gasteiger partial charge in [-0.25, -0.2) is 14.4 Å². The van der Waals surface area contributed by atoms with Gasteiger partial charge >= 0.3 is 5.97 Å². The number of aliphatic hydroxyl groups is 2. The lowest BCUT2D eigenvalue weighted by molar-refractivity contribution is -0.141. The van der Waals surface area contributed by atoms with Gasteiger partial charge in [0.1, 0.15) is 35.9 Å². The summed E-state index contributed by atoms with van der Waals surface area (Å²) in [6, 6.07) is 23.1. The number of carbonyl (C=O) groups excluding carboxylic acids is 2. The molecule has 4 fully saturated rings. The van der Waals surface area contributed by atoms with Crippen LogP contribution in [0.1, 0.15) is 82.3 Å². The van der Waals surface area contributed by atoms with Gasteiger partial charge in [0.2, 0.25) is 0 Å².